The van der Waals surface area contributed by atoms with Gasteiger partial charge in [0.15, 0.2) is 0 Å². The number of carbonyl (C=O) groups is 1. The molecule has 1 N–H and O–H groups in total. The minimum Gasteiger partial charge on any atom is -0.391 e. The minimum absolute atomic E-state index is 0.122. The summed E-state index contributed by atoms with van der Waals surface area (Å²) in [5.74, 6) is 0.294. The highest BCUT2D eigenvalue weighted by molar-refractivity contribution is 5.94. The van der Waals surface area contributed by atoms with E-state index in [1.165, 1.54) is 4.90 Å². The van der Waals surface area contributed by atoms with Gasteiger partial charge in [-0.15, -0.1) is 0 Å². The van der Waals surface area contributed by atoms with Crippen LogP contribution < -0.4 is 4.90 Å². The largest absolute Gasteiger partial charge is 0.391 e. The summed E-state index contributed by atoms with van der Waals surface area (Å²) in [6.45, 7) is 2.08. The van der Waals surface area contributed by atoms with E-state index >= 15 is 0 Å². The van der Waals surface area contributed by atoms with Crippen molar-refractivity contribution in [2.75, 3.05) is 11.4 Å². The van der Waals surface area contributed by atoms with Gasteiger partial charge in [-0.25, -0.2) is 0 Å². The molecule has 13 heavy (non-hydrogen) atoms. The molecule has 0 bridgehead atoms. The molecule has 5 heteroatoms. The van der Waals surface area contributed by atoms with Gasteiger partial charge in [-0.05, 0) is 6.92 Å². The maximum atomic E-state index is 11.3. The summed E-state index contributed by atoms with van der Waals surface area (Å²) in [4.78, 5) is 12.7. The van der Waals surface area contributed by atoms with Gasteiger partial charge in [0.05, 0.1) is 24.8 Å². The van der Waals surface area contributed by atoms with E-state index in [-0.39, 0.29) is 12.3 Å². The second-order valence-electron chi connectivity index (χ2n) is 3.17. The van der Waals surface area contributed by atoms with Gasteiger partial charge in [-0.3, -0.25) is 9.69 Å². The SMILES string of the molecule is Cc1cc(N2CC(O)CC2=O)on1. The number of amides is 1. The Kier molecular flexibility index (Phi) is 1.81. The number of aliphatic hydroxyl groups excluding tert-OH is 1. The van der Waals surface area contributed by atoms with Crippen LogP contribution in [0.4, 0.5) is 5.88 Å². The number of rotatable bonds is 1. The van der Waals surface area contributed by atoms with Crippen molar-refractivity contribution in [3.63, 3.8) is 0 Å². The van der Waals surface area contributed by atoms with E-state index < -0.39 is 6.10 Å². The van der Waals surface area contributed by atoms with E-state index in [0.717, 1.165) is 5.69 Å². The Morgan fingerprint density at radius 2 is 2.54 bits per heavy atom. The molecule has 0 saturated carbocycles. The van der Waals surface area contributed by atoms with Crippen molar-refractivity contribution in [1.29, 1.82) is 0 Å². The second-order valence-corrected chi connectivity index (χ2v) is 3.17. The zero-order valence-electron chi connectivity index (χ0n) is 7.23. The fraction of sp³-hybridized carbons (Fsp3) is 0.500. The fourth-order valence-corrected chi connectivity index (χ4v) is 1.38. The van der Waals surface area contributed by atoms with Crippen LogP contribution in [0.5, 0.6) is 0 Å². The Hall–Kier alpha value is -1.36. The second kappa shape index (κ2) is 2.85. The summed E-state index contributed by atoms with van der Waals surface area (Å²) in [5.41, 5.74) is 0.726. The van der Waals surface area contributed by atoms with Crippen LogP contribution >= 0.6 is 0 Å². The number of anilines is 1. The van der Waals surface area contributed by atoms with Crippen molar-refractivity contribution >= 4 is 11.8 Å². The van der Waals surface area contributed by atoms with Crippen LogP contribution in [0.1, 0.15) is 12.1 Å². The van der Waals surface area contributed by atoms with Gasteiger partial charge in [-0.1, -0.05) is 5.16 Å². The van der Waals surface area contributed by atoms with Gasteiger partial charge in [0, 0.05) is 6.07 Å². The third-order valence-electron chi connectivity index (χ3n) is 1.99. The first-order valence-corrected chi connectivity index (χ1v) is 4.08. The Bertz CT molecular complexity index is 334. The Labute approximate surface area is 74.9 Å². The maximum absolute atomic E-state index is 11.3. The quantitative estimate of drug-likeness (QED) is 0.668. The molecule has 1 atom stereocenters. The predicted octanol–water partition coefficient (Wildman–Crippen LogP) is 0.0806. The number of hydrogen-bond acceptors (Lipinski definition) is 4. The molecule has 5 nitrogen and oxygen atoms in total. The highest BCUT2D eigenvalue weighted by atomic mass is 16.5. The molecule has 0 aliphatic carbocycles. The highest BCUT2D eigenvalue weighted by Crippen LogP contribution is 2.21. The van der Waals surface area contributed by atoms with E-state index in [9.17, 15) is 9.90 Å². The summed E-state index contributed by atoms with van der Waals surface area (Å²) in [7, 11) is 0. The molecule has 70 valence electrons. The number of nitrogens with zero attached hydrogens (tertiary/aromatic N) is 2. The summed E-state index contributed by atoms with van der Waals surface area (Å²) in [6.07, 6.45) is -0.419. The van der Waals surface area contributed by atoms with Crippen LogP contribution in [0.2, 0.25) is 0 Å². The fourth-order valence-electron chi connectivity index (χ4n) is 1.38. The molecule has 0 radical (unpaired) electrons. The molecule has 1 saturated heterocycles. The molecular formula is C8H10N2O3. The summed E-state index contributed by atoms with van der Waals surface area (Å²) in [6, 6.07) is 1.68. The van der Waals surface area contributed by atoms with E-state index in [1.54, 1.807) is 13.0 Å². The number of aryl methyl sites for hydroxylation is 1. The van der Waals surface area contributed by atoms with Gasteiger partial charge in [0.1, 0.15) is 0 Å². The van der Waals surface area contributed by atoms with Crippen LogP contribution in [0.25, 0.3) is 0 Å². The van der Waals surface area contributed by atoms with E-state index in [0.29, 0.717) is 12.4 Å². The molecule has 1 aromatic heterocycles. The standard InChI is InChI=1S/C8H10N2O3/c1-5-2-8(13-9-5)10-4-6(11)3-7(10)12/h2,6,11H,3-4H2,1H3. The molecule has 1 amide bonds. The van der Waals surface area contributed by atoms with Crippen LogP contribution in [0, 0.1) is 6.92 Å². The molecule has 1 fully saturated rings. The molecule has 2 heterocycles. The van der Waals surface area contributed by atoms with Crippen molar-refractivity contribution in [3.05, 3.63) is 11.8 Å². The minimum atomic E-state index is -0.585. The summed E-state index contributed by atoms with van der Waals surface area (Å²) < 4.78 is 4.91. The first kappa shape index (κ1) is 8.25. The smallest absolute Gasteiger partial charge is 0.234 e. The monoisotopic (exact) mass is 182 g/mol. The van der Waals surface area contributed by atoms with Crippen molar-refractivity contribution in [1.82, 2.24) is 5.16 Å². The average Bonchev–Trinajstić information content (AvgIpc) is 2.58. The predicted molar refractivity (Wildman–Crippen MR) is 44.2 cm³/mol. The van der Waals surface area contributed by atoms with E-state index in [2.05, 4.69) is 5.16 Å². The van der Waals surface area contributed by atoms with Gasteiger partial charge in [-0.2, -0.15) is 0 Å². The van der Waals surface area contributed by atoms with Crippen molar-refractivity contribution in [2.45, 2.75) is 19.4 Å². The lowest BCUT2D eigenvalue weighted by Gasteiger charge is -2.09. The third-order valence-corrected chi connectivity index (χ3v) is 1.99. The Balaban J connectivity index is 2.22. The van der Waals surface area contributed by atoms with Crippen LogP contribution in [-0.2, 0) is 4.79 Å². The lowest BCUT2D eigenvalue weighted by molar-refractivity contribution is -0.117. The number of aromatic nitrogens is 1. The van der Waals surface area contributed by atoms with Gasteiger partial charge < -0.3 is 9.63 Å². The summed E-state index contributed by atoms with van der Waals surface area (Å²) >= 11 is 0. The van der Waals surface area contributed by atoms with Crippen molar-refractivity contribution in [2.24, 2.45) is 0 Å². The Morgan fingerprint density at radius 1 is 1.77 bits per heavy atom. The topological polar surface area (TPSA) is 66.6 Å². The lowest BCUT2D eigenvalue weighted by Crippen LogP contribution is -2.24. The van der Waals surface area contributed by atoms with Gasteiger partial charge in [0.25, 0.3) is 0 Å². The van der Waals surface area contributed by atoms with Gasteiger partial charge in [0.2, 0.25) is 11.8 Å². The lowest BCUT2D eigenvalue weighted by atomic mass is 10.3. The molecule has 1 aliphatic heterocycles. The first-order valence-electron chi connectivity index (χ1n) is 4.08. The molecule has 0 aromatic carbocycles. The van der Waals surface area contributed by atoms with Crippen LogP contribution in [0.15, 0.2) is 10.6 Å². The molecule has 1 aliphatic rings. The third kappa shape index (κ3) is 1.42. The average molecular weight is 182 g/mol. The summed E-state index contributed by atoms with van der Waals surface area (Å²) in [5, 5.41) is 12.9. The number of carbonyl (C=O) groups excluding carboxylic acids is 1. The van der Waals surface area contributed by atoms with Crippen molar-refractivity contribution in [3.8, 4) is 0 Å². The van der Waals surface area contributed by atoms with Gasteiger partial charge >= 0.3 is 0 Å². The van der Waals surface area contributed by atoms with E-state index in [4.69, 9.17) is 4.52 Å². The molecule has 0 spiro atoms. The molecule has 1 unspecified atom stereocenters. The molecular weight excluding hydrogens is 172 g/mol. The number of hydrogen-bond donors (Lipinski definition) is 1. The molecule has 1 aromatic rings. The first-order chi connectivity index (χ1) is 6.16. The zero-order valence-corrected chi connectivity index (χ0v) is 7.23. The maximum Gasteiger partial charge on any atom is 0.234 e. The highest BCUT2D eigenvalue weighted by Gasteiger charge is 2.31. The van der Waals surface area contributed by atoms with Crippen LogP contribution in [0.3, 0.4) is 0 Å². The number of aliphatic hydroxyl groups is 1. The number of β-amino-alcohol motifs (C(OH)–C–C–N with tert-alkyl or cyclic N) is 1. The van der Waals surface area contributed by atoms with Crippen LogP contribution in [-0.4, -0.2) is 28.8 Å². The zero-order chi connectivity index (χ0) is 9.42. The van der Waals surface area contributed by atoms with Crippen molar-refractivity contribution < 1.29 is 14.4 Å². The Morgan fingerprint density at radius 3 is 3.00 bits per heavy atom. The normalized spacial score (nSPS) is 22.8. The molecule has 2 rings (SSSR count). The van der Waals surface area contributed by atoms with E-state index in [1.807, 2.05) is 0 Å².